The molecule has 1 amide bonds. The third-order valence-corrected chi connectivity index (χ3v) is 3.55. The van der Waals surface area contributed by atoms with Crippen LogP contribution in [0, 0.1) is 0 Å². The molecule has 8 heteroatoms. The predicted octanol–water partition coefficient (Wildman–Crippen LogP) is -0.247. The highest BCUT2D eigenvalue weighted by Crippen LogP contribution is 2.14. The number of hydrogen-bond donors (Lipinski definition) is 1. The molecular weight excluding hydrogens is 314 g/mol. The van der Waals surface area contributed by atoms with Gasteiger partial charge in [0.2, 0.25) is 5.91 Å². The van der Waals surface area contributed by atoms with E-state index < -0.39 is 11.6 Å². The van der Waals surface area contributed by atoms with Crippen LogP contribution in [0.4, 0.5) is 0 Å². The van der Waals surface area contributed by atoms with Crippen LogP contribution in [0.15, 0.2) is 0 Å². The fourth-order valence-corrected chi connectivity index (χ4v) is 2.52. The molecule has 138 valence electrons. The quantitative estimate of drug-likeness (QED) is 0.664. The van der Waals surface area contributed by atoms with Gasteiger partial charge in [-0.1, -0.05) is 0 Å². The summed E-state index contributed by atoms with van der Waals surface area (Å²) < 4.78 is 10.4. The van der Waals surface area contributed by atoms with Crippen LogP contribution in [0.1, 0.15) is 34.1 Å². The molecule has 1 atom stereocenters. The van der Waals surface area contributed by atoms with Gasteiger partial charge >= 0.3 is 11.9 Å². The Kier molecular flexibility index (Phi) is 7.62. The monoisotopic (exact) mass is 343 g/mol. The molecule has 0 radical (unpaired) electrons. The zero-order valence-electron chi connectivity index (χ0n) is 15.0. The molecule has 8 nitrogen and oxygen atoms in total. The number of hydrogen-bond acceptors (Lipinski definition) is 7. The molecule has 1 rings (SSSR count). The summed E-state index contributed by atoms with van der Waals surface area (Å²) in [6.45, 7) is 8.71. The molecule has 1 aliphatic heterocycles. The van der Waals surface area contributed by atoms with Gasteiger partial charge in [0.05, 0.1) is 12.6 Å². The molecule has 1 fully saturated rings. The van der Waals surface area contributed by atoms with E-state index in [1.807, 2.05) is 25.7 Å². The number of carbonyl (C=O) groups is 3. The van der Waals surface area contributed by atoms with Crippen LogP contribution in [0.3, 0.4) is 0 Å². The number of piperazine rings is 1. The molecule has 0 spiro atoms. The van der Waals surface area contributed by atoms with E-state index in [1.165, 1.54) is 6.92 Å². The molecule has 1 aliphatic rings. The van der Waals surface area contributed by atoms with E-state index >= 15 is 0 Å². The lowest BCUT2D eigenvalue weighted by Crippen LogP contribution is -2.58. The largest absolute Gasteiger partial charge is 0.464 e. The average molecular weight is 343 g/mol. The van der Waals surface area contributed by atoms with Crippen LogP contribution in [-0.2, 0) is 23.9 Å². The second-order valence-corrected chi connectivity index (χ2v) is 6.89. The summed E-state index contributed by atoms with van der Waals surface area (Å²) in [5, 5.41) is 0. The van der Waals surface area contributed by atoms with E-state index in [4.69, 9.17) is 15.2 Å². The molecule has 0 aliphatic carbocycles. The lowest BCUT2D eigenvalue weighted by atomic mass is 10.1. The molecular formula is C16H29N3O5. The van der Waals surface area contributed by atoms with Crippen molar-refractivity contribution in [1.29, 1.82) is 0 Å². The van der Waals surface area contributed by atoms with Gasteiger partial charge in [-0.15, -0.1) is 0 Å². The first kappa shape index (κ1) is 20.4. The minimum atomic E-state index is -0.554. The van der Waals surface area contributed by atoms with E-state index in [9.17, 15) is 14.4 Å². The SMILES string of the molecule is CC(=O)OC[C@@H]1CN(C(=O)CCN)CCN1CC(=O)OC(C)(C)C. The Bertz CT molecular complexity index is 461. The summed E-state index contributed by atoms with van der Waals surface area (Å²) in [7, 11) is 0. The number of ether oxygens (including phenoxy) is 2. The van der Waals surface area contributed by atoms with Crippen LogP contribution in [0.5, 0.6) is 0 Å². The number of esters is 2. The van der Waals surface area contributed by atoms with Gasteiger partial charge in [0.15, 0.2) is 0 Å². The van der Waals surface area contributed by atoms with Gasteiger partial charge in [0, 0.05) is 39.5 Å². The average Bonchev–Trinajstić information content (AvgIpc) is 2.44. The first-order valence-corrected chi connectivity index (χ1v) is 8.19. The van der Waals surface area contributed by atoms with E-state index in [0.717, 1.165) is 0 Å². The summed E-state index contributed by atoms with van der Waals surface area (Å²) in [6.07, 6.45) is 0.284. The molecule has 0 unspecified atom stereocenters. The van der Waals surface area contributed by atoms with Crippen molar-refractivity contribution in [3.8, 4) is 0 Å². The molecule has 1 saturated heterocycles. The number of nitrogens with two attached hydrogens (primary N) is 1. The van der Waals surface area contributed by atoms with Gasteiger partial charge in [-0.05, 0) is 20.8 Å². The first-order valence-electron chi connectivity index (χ1n) is 8.19. The fourth-order valence-electron chi connectivity index (χ4n) is 2.52. The molecule has 2 N–H and O–H groups in total. The van der Waals surface area contributed by atoms with Gasteiger partial charge < -0.3 is 20.1 Å². The standard InChI is InChI=1S/C16H29N3O5/c1-12(20)23-11-13-9-19(14(21)5-6-17)8-7-18(13)10-15(22)24-16(2,3)4/h13H,5-11,17H2,1-4H3/t13-/m0/s1. The van der Waals surface area contributed by atoms with Crippen LogP contribution in [-0.4, -0.2) is 78.6 Å². The van der Waals surface area contributed by atoms with E-state index in [1.54, 1.807) is 4.90 Å². The smallest absolute Gasteiger partial charge is 0.320 e. The molecule has 1 heterocycles. The molecule has 24 heavy (non-hydrogen) atoms. The predicted molar refractivity (Wildman–Crippen MR) is 88.1 cm³/mol. The second-order valence-electron chi connectivity index (χ2n) is 6.89. The van der Waals surface area contributed by atoms with E-state index in [2.05, 4.69) is 0 Å². The number of amides is 1. The van der Waals surface area contributed by atoms with Gasteiger partial charge in [-0.25, -0.2) is 0 Å². The van der Waals surface area contributed by atoms with Crippen molar-refractivity contribution >= 4 is 17.8 Å². The van der Waals surface area contributed by atoms with Crippen molar-refractivity contribution in [2.24, 2.45) is 5.73 Å². The first-order chi connectivity index (χ1) is 11.1. The van der Waals surface area contributed by atoms with Crippen molar-refractivity contribution < 1.29 is 23.9 Å². The van der Waals surface area contributed by atoms with Crippen molar-refractivity contribution in [2.75, 3.05) is 39.3 Å². The van der Waals surface area contributed by atoms with Gasteiger partial charge in [0.25, 0.3) is 0 Å². The van der Waals surface area contributed by atoms with E-state index in [-0.39, 0.29) is 37.5 Å². The molecule has 0 aromatic rings. The van der Waals surface area contributed by atoms with Crippen LogP contribution in [0.2, 0.25) is 0 Å². The molecule has 0 aromatic carbocycles. The summed E-state index contributed by atoms with van der Waals surface area (Å²) in [4.78, 5) is 38.8. The Morgan fingerprint density at radius 3 is 2.42 bits per heavy atom. The van der Waals surface area contributed by atoms with Crippen LogP contribution in [0.25, 0.3) is 0 Å². The third-order valence-electron chi connectivity index (χ3n) is 3.55. The molecule has 0 aromatic heterocycles. The molecule has 0 saturated carbocycles. The minimum absolute atomic E-state index is 0.0257. The highest BCUT2D eigenvalue weighted by molar-refractivity contribution is 5.76. The van der Waals surface area contributed by atoms with Crippen LogP contribution < -0.4 is 5.73 Å². The topological polar surface area (TPSA) is 102 Å². The maximum absolute atomic E-state index is 12.1. The van der Waals surface area contributed by atoms with Gasteiger partial charge in [-0.2, -0.15) is 0 Å². The van der Waals surface area contributed by atoms with Crippen molar-refractivity contribution in [3.05, 3.63) is 0 Å². The fraction of sp³-hybridized carbons (Fsp3) is 0.812. The highest BCUT2D eigenvalue weighted by atomic mass is 16.6. The summed E-state index contributed by atoms with van der Waals surface area (Å²) >= 11 is 0. The minimum Gasteiger partial charge on any atom is -0.464 e. The number of rotatable bonds is 6. The Hall–Kier alpha value is -1.67. The maximum Gasteiger partial charge on any atom is 0.320 e. The lowest BCUT2D eigenvalue weighted by molar-refractivity contribution is -0.158. The zero-order chi connectivity index (χ0) is 18.3. The van der Waals surface area contributed by atoms with Crippen molar-refractivity contribution in [2.45, 2.75) is 45.8 Å². The van der Waals surface area contributed by atoms with Crippen molar-refractivity contribution in [1.82, 2.24) is 9.80 Å². The van der Waals surface area contributed by atoms with E-state index in [0.29, 0.717) is 26.2 Å². The third kappa shape index (κ3) is 7.27. The highest BCUT2D eigenvalue weighted by Gasteiger charge is 2.32. The summed E-state index contributed by atoms with van der Waals surface area (Å²) in [5.41, 5.74) is 4.88. The second kappa shape index (κ2) is 8.98. The van der Waals surface area contributed by atoms with Crippen molar-refractivity contribution in [3.63, 3.8) is 0 Å². The maximum atomic E-state index is 12.1. The Morgan fingerprint density at radius 2 is 1.88 bits per heavy atom. The number of carbonyl (C=O) groups excluding carboxylic acids is 3. The summed E-state index contributed by atoms with van der Waals surface area (Å²) in [5.74, 6) is -0.753. The lowest BCUT2D eigenvalue weighted by Gasteiger charge is -2.40. The van der Waals surface area contributed by atoms with Gasteiger partial charge in [-0.3, -0.25) is 19.3 Å². The number of nitrogens with zero attached hydrogens (tertiary/aromatic N) is 2. The van der Waals surface area contributed by atoms with Crippen LogP contribution >= 0.6 is 0 Å². The summed E-state index contributed by atoms with van der Waals surface area (Å²) in [6, 6.07) is -0.239. The Morgan fingerprint density at radius 1 is 1.21 bits per heavy atom. The zero-order valence-corrected chi connectivity index (χ0v) is 15.0. The molecule has 0 bridgehead atoms. The normalized spacial score (nSPS) is 19.0. The Labute approximate surface area is 143 Å². The Balaban J connectivity index is 2.69. The van der Waals surface area contributed by atoms with Gasteiger partial charge in [0.1, 0.15) is 12.2 Å².